The smallest absolute Gasteiger partial charge is 0.0814 e. The molecule has 4 heteroatoms. The van der Waals surface area contributed by atoms with E-state index in [1.165, 1.54) is 0 Å². The predicted octanol–water partition coefficient (Wildman–Crippen LogP) is -0.966. The summed E-state index contributed by atoms with van der Waals surface area (Å²) in [4.78, 5) is 0. The molecule has 0 aliphatic rings. The third-order valence-electron chi connectivity index (χ3n) is 0. The summed E-state index contributed by atoms with van der Waals surface area (Å²) in [5.74, 6) is 0. The second-order valence-corrected chi connectivity index (χ2v) is 0. The van der Waals surface area contributed by atoms with E-state index in [0.29, 0.717) is 0 Å². The molecule has 0 spiro atoms. The van der Waals surface area contributed by atoms with Gasteiger partial charge in [0, 0.05) is 21.1 Å². The molecule has 0 saturated carbocycles. The van der Waals surface area contributed by atoms with E-state index in [1.807, 2.05) is 0 Å². The van der Waals surface area contributed by atoms with Gasteiger partial charge < -0.3 is 6.15 Å². The number of hydrogen-bond acceptors (Lipinski definition) is 1. The molecule has 28 valence electrons. The van der Waals surface area contributed by atoms with E-state index in [0.717, 1.165) is 0 Å². The molecule has 0 saturated heterocycles. The average molecular weight is 249 g/mol. The molecule has 0 aromatic heterocycles. The molecule has 0 heterocycles. The van der Waals surface area contributed by atoms with Gasteiger partial charge in [-0.3, -0.25) is 0 Å². The Balaban J connectivity index is 0. The fraction of sp³-hybridized carbons (Fsp3) is 0. The van der Waals surface area contributed by atoms with Gasteiger partial charge in [-0.05, 0) is 0 Å². The maximum absolute atomic E-state index is 0. The van der Waals surface area contributed by atoms with Gasteiger partial charge in [0.1, 0.15) is 0 Å². The van der Waals surface area contributed by atoms with Crippen molar-refractivity contribution in [3.05, 3.63) is 0 Å². The van der Waals surface area contributed by atoms with E-state index in [1.54, 1.807) is 0 Å². The van der Waals surface area contributed by atoms with Gasteiger partial charge in [-0.2, -0.15) is 9.90 Å². The van der Waals surface area contributed by atoms with Gasteiger partial charge in [-0.1, -0.05) is 0 Å². The molecule has 4 heavy (non-hydrogen) atoms. The zero-order chi connectivity index (χ0) is 0. The molecule has 1 atom stereocenters. The SMILES string of the molecule is B.N.P.[W]. The summed E-state index contributed by atoms with van der Waals surface area (Å²) in [5, 5.41) is 0. The van der Waals surface area contributed by atoms with E-state index >= 15 is 0 Å². The van der Waals surface area contributed by atoms with Crippen molar-refractivity contribution >= 4 is 18.3 Å². The van der Waals surface area contributed by atoms with Crippen LogP contribution in [0.4, 0.5) is 0 Å². The molecule has 0 aromatic rings. The van der Waals surface area contributed by atoms with Gasteiger partial charge >= 0.3 is 0 Å². The Morgan fingerprint density at radius 2 is 1.00 bits per heavy atom. The van der Waals surface area contributed by atoms with Crippen LogP contribution in [0.3, 0.4) is 0 Å². The Labute approximate surface area is 46.0 Å². The molecule has 3 N–H and O–H groups in total. The van der Waals surface area contributed by atoms with Crippen LogP contribution in [0.5, 0.6) is 0 Å². The molecule has 0 radical (unpaired) electrons. The van der Waals surface area contributed by atoms with Gasteiger partial charge in [0.15, 0.2) is 0 Å². The summed E-state index contributed by atoms with van der Waals surface area (Å²) in [6, 6.07) is 0. The fourth-order valence-corrected chi connectivity index (χ4v) is 0. The Morgan fingerprint density at radius 3 is 1.00 bits per heavy atom. The third kappa shape index (κ3) is 11.0. The Kier molecular flexibility index (Phi) is 529. The maximum atomic E-state index is 0. The normalized spacial score (nSPS) is 0. The van der Waals surface area contributed by atoms with Crippen molar-refractivity contribution in [3.8, 4) is 0 Å². The van der Waals surface area contributed by atoms with Gasteiger partial charge in [-0.15, -0.1) is 0 Å². The zero-order valence-corrected chi connectivity index (χ0v) is 6.17. The van der Waals surface area contributed by atoms with E-state index in [4.69, 9.17) is 0 Å². The minimum atomic E-state index is 0. The topological polar surface area (TPSA) is 35.0 Å². The standard InChI is InChI=1S/BH3.H3N.H3P.W/h3*1H3;. The van der Waals surface area contributed by atoms with Crippen LogP contribution >= 0.6 is 9.90 Å². The van der Waals surface area contributed by atoms with Crippen molar-refractivity contribution in [1.82, 2.24) is 6.15 Å². The summed E-state index contributed by atoms with van der Waals surface area (Å²) < 4.78 is 0. The zero-order valence-electron chi connectivity index (χ0n) is 1.82. The quantitative estimate of drug-likeness (QED) is 0.435. The van der Waals surface area contributed by atoms with Crippen LogP contribution in [0.25, 0.3) is 0 Å². The first-order valence-corrected chi connectivity index (χ1v) is 0. The average Bonchev–Trinajstić information content (AvgIpc) is 0. The van der Waals surface area contributed by atoms with Crippen LogP contribution in [0.1, 0.15) is 0 Å². The largest absolute Gasteiger partial charge is 0.344 e. The molecule has 0 rings (SSSR count). The van der Waals surface area contributed by atoms with Crippen molar-refractivity contribution in [2.75, 3.05) is 0 Å². The molecule has 0 bridgehead atoms. The monoisotopic (exact) mass is 249 g/mol. The number of rotatable bonds is 0. The molecule has 0 fully saturated rings. The third-order valence-corrected chi connectivity index (χ3v) is 0. The van der Waals surface area contributed by atoms with E-state index < -0.39 is 0 Å². The van der Waals surface area contributed by atoms with Gasteiger partial charge in [0.2, 0.25) is 0 Å². The van der Waals surface area contributed by atoms with E-state index in [-0.39, 0.29) is 45.5 Å². The second-order valence-electron chi connectivity index (χ2n) is 0. The van der Waals surface area contributed by atoms with Crippen LogP contribution in [-0.4, -0.2) is 8.41 Å². The fourth-order valence-electron chi connectivity index (χ4n) is 0. The van der Waals surface area contributed by atoms with Crippen molar-refractivity contribution in [2.45, 2.75) is 0 Å². The van der Waals surface area contributed by atoms with Crippen LogP contribution in [-0.2, 0) is 21.1 Å². The molecule has 0 aliphatic carbocycles. The van der Waals surface area contributed by atoms with Gasteiger partial charge in [0.05, 0.1) is 8.41 Å². The summed E-state index contributed by atoms with van der Waals surface area (Å²) in [6.07, 6.45) is 0. The Bertz CT molecular complexity index is 8.00. The Hall–Kier alpha value is 1.14. The molecule has 0 amide bonds. The summed E-state index contributed by atoms with van der Waals surface area (Å²) >= 11 is 0. The minimum absolute atomic E-state index is 0. The van der Waals surface area contributed by atoms with Crippen molar-refractivity contribution in [1.29, 1.82) is 0 Å². The second kappa shape index (κ2) is 31.3. The van der Waals surface area contributed by atoms with Crippen LogP contribution < -0.4 is 6.15 Å². The minimum Gasteiger partial charge on any atom is -0.344 e. The first kappa shape index (κ1) is 67.6. The Morgan fingerprint density at radius 1 is 1.00 bits per heavy atom. The van der Waals surface area contributed by atoms with Crippen LogP contribution in [0.2, 0.25) is 0 Å². The molecule has 1 nitrogen and oxygen atoms in total. The number of hydrogen-bond donors (Lipinski definition) is 1. The molecule has 0 aliphatic heterocycles. The van der Waals surface area contributed by atoms with E-state index in [9.17, 15) is 0 Å². The van der Waals surface area contributed by atoms with Crippen molar-refractivity contribution < 1.29 is 21.1 Å². The van der Waals surface area contributed by atoms with Gasteiger partial charge in [0.25, 0.3) is 0 Å². The molecular formula is H9BNPW. The molecule has 0 aromatic carbocycles. The first-order valence-electron chi connectivity index (χ1n) is 0. The van der Waals surface area contributed by atoms with E-state index in [2.05, 4.69) is 0 Å². The molecule has 1 unspecified atom stereocenters. The summed E-state index contributed by atoms with van der Waals surface area (Å²) in [5.41, 5.74) is 0. The maximum Gasteiger partial charge on any atom is 0.0814 e. The van der Waals surface area contributed by atoms with Crippen LogP contribution in [0, 0.1) is 0 Å². The molecular weight excluding hydrogens is 240 g/mol. The van der Waals surface area contributed by atoms with Crippen molar-refractivity contribution in [3.63, 3.8) is 0 Å². The van der Waals surface area contributed by atoms with Crippen molar-refractivity contribution in [2.24, 2.45) is 0 Å². The summed E-state index contributed by atoms with van der Waals surface area (Å²) in [6.45, 7) is 0. The summed E-state index contributed by atoms with van der Waals surface area (Å²) in [7, 11) is 0. The van der Waals surface area contributed by atoms with Crippen LogP contribution in [0.15, 0.2) is 0 Å². The first-order chi connectivity index (χ1) is 0. The van der Waals surface area contributed by atoms with Gasteiger partial charge in [-0.25, -0.2) is 0 Å². The predicted molar refractivity (Wildman–Crippen MR) is 26.1 cm³/mol.